The highest BCUT2D eigenvalue weighted by Gasteiger charge is 2.37. The summed E-state index contributed by atoms with van der Waals surface area (Å²) in [6.07, 6.45) is 3.20. The summed E-state index contributed by atoms with van der Waals surface area (Å²) in [6.45, 7) is 3.88. The van der Waals surface area contributed by atoms with Gasteiger partial charge < -0.3 is 10.5 Å². The Labute approximate surface area is 79.6 Å². The molecular formula is C10H19NO2. The normalized spacial score (nSPS) is 21.4. The first-order valence-electron chi connectivity index (χ1n) is 5.06. The minimum Gasteiger partial charge on any atom is -0.381 e. The van der Waals surface area contributed by atoms with Gasteiger partial charge in [-0.25, -0.2) is 0 Å². The summed E-state index contributed by atoms with van der Waals surface area (Å²) in [6, 6.07) is 0. The molecule has 0 atom stereocenters. The number of nitrogens with two attached hydrogens (primary N) is 1. The zero-order valence-electron chi connectivity index (χ0n) is 8.34. The lowest BCUT2D eigenvalue weighted by atomic mass is 9.75. The highest BCUT2D eigenvalue weighted by molar-refractivity contribution is 5.85. The Morgan fingerprint density at radius 1 is 1.46 bits per heavy atom. The number of carbonyl (C=O) groups excluding carboxylic acids is 1. The summed E-state index contributed by atoms with van der Waals surface area (Å²) in [4.78, 5) is 11.8. The third kappa shape index (κ3) is 2.29. The molecule has 2 N–H and O–H groups in total. The third-order valence-corrected chi connectivity index (χ3v) is 2.91. The predicted molar refractivity (Wildman–Crippen MR) is 51.5 cm³/mol. The van der Waals surface area contributed by atoms with Crippen LogP contribution in [0.2, 0.25) is 0 Å². The van der Waals surface area contributed by atoms with Crippen LogP contribution in [0.25, 0.3) is 0 Å². The van der Waals surface area contributed by atoms with E-state index in [0.29, 0.717) is 32.0 Å². The number of hydrogen-bond donors (Lipinski definition) is 1. The average molecular weight is 185 g/mol. The number of hydrogen-bond acceptors (Lipinski definition) is 3. The van der Waals surface area contributed by atoms with Gasteiger partial charge in [0.15, 0.2) is 0 Å². The zero-order chi connectivity index (χ0) is 9.73. The fourth-order valence-corrected chi connectivity index (χ4v) is 1.85. The number of Topliss-reactive ketones (excluding diaryl/α,β-unsaturated/α-hetero) is 1. The molecule has 0 spiro atoms. The topological polar surface area (TPSA) is 52.3 Å². The van der Waals surface area contributed by atoms with E-state index < -0.39 is 0 Å². The number of ketones is 1. The van der Waals surface area contributed by atoms with E-state index in [9.17, 15) is 4.79 Å². The van der Waals surface area contributed by atoms with Crippen molar-refractivity contribution in [2.45, 2.75) is 32.6 Å². The molecule has 0 aromatic heterocycles. The van der Waals surface area contributed by atoms with Crippen LogP contribution in [0.1, 0.15) is 32.6 Å². The molecule has 0 unspecified atom stereocenters. The lowest BCUT2D eigenvalue weighted by Gasteiger charge is -2.34. The molecule has 1 aliphatic rings. The zero-order valence-corrected chi connectivity index (χ0v) is 8.34. The van der Waals surface area contributed by atoms with E-state index in [1.54, 1.807) is 0 Å². The van der Waals surface area contributed by atoms with Gasteiger partial charge in [0.05, 0.1) is 0 Å². The smallest absolute Gasteiger partial charge is 0.140 e. The molecule has 1 aliphatic heterocycles. The van der Waals surface area contributed by atoms with Crippen LogP contribution in [-0.4, -0.2) is 25.5 Å². The van der Waals surface area contributed by atoms with E-state index in [0.717, 1.165) is 19.3 Å². The van der Waals surface area contributed by atoms with E-state index in [2.05, 4.69) is 0 Å². The van der Waals surface area contributed by atoms with Crippen molar-refractivity contribution in [3.8, 4) is 0 Å². The van der Waals surface area contributed by atoms with Crippen LogP contribution in [-0.2, 0) is 9.53 Å². The summed E-state index contributed by atoms with van der Waals surface area (Å²) >= 11 is 0. The molecule has 0 aromatic rings. The quantitative estimate of drug-likeness (QED) is 0.714. The van der Waals surface area contributed by atoms with Gasteiger partial charge in [-0.1, -0.05) is 6.92 Å². The van der Waals surface area contributed by atoms with Crippen molar-refractivity contribution in [1.82, 2.24) is 0 Å². The van der Waals surface area contributed by atoms with E-state index in [4.69, 9.17) is 10.5 Å². The highest BCUT2D eigenvalue weighted by atomic mass is 16.5. The Morgan fingerprint density at radius 2 is 2.08 bits per heavy atom. The Balaban J connectivity index is 2.61. The average Bonchev–Trinajstić information content (AvgIpc) is 2.19. The molecule has 13 heavy (non-hydrogen) atoms. The first-order valence-corrected chi connectivity index (χ1v) is 5.06. The Bertz CT molecular complexity index is 174. The molecule has 3 nitrogen and oxygen atoms in total. The van der Waals surface area contributed by atoms with Crippen LogP contribution in [0.4, 0.5) is 0 Å². The maximum atomic E-state index is 11.8. The van der Waals surface area contributed by atoms with Crippen molar-refractivity contribution in [1.29, 1.82) is 0 Å². The van der Waals surface area contributed by atoms with Crippen LogP contribution in [0.3, 0.4) is 0 Å². The van der Waals surface area contributed by atoms with Crippen molar-refractivity contribution < 1.29 is 9.53 Å². The van der Waals surface area contributed by atoms with Gasteiger partial charge in [0.1, 0.15) is 5.78 Å². The molecule has 0 radical (unpaired) electrons. The van der Waals surface area contributed by atoms with E-state index in [1.165, 1.54) is 0 Å². The fraction of sp³-hybridized carbons (Fsp3) is 0.900. The monoisotopic (exact) mass is 185 g/mol. The summed E-state index contributed by atoms with van der Waals surface area (Å²) in [5, 5.41) is 0. The molecule has 1 heterocycles. The van der Waals surface area contributed by atoms with Crippen molar-refractivity contribution in [2.24, 2.45) is 11.1 Å². The molecule has 1 rings (SSSR count). The van der Waals surface area contributed by atoms with Gasteiger partial charge in [0, 0.05) is 31.6 Å². The largest absolute Gasteiger partial charge is 0.381 e. The molecule has 0 bridgehead atoms. The Morgan fingerprint density at radius 3 is 2.54 bits per heavy atom. The number of carbonyl (C=O) groups is 1. The second-order valence-electron chi connectivity index (χ2n) is 3.77. The van der Waals surface area contributed by atoms with E-state index >= 15 is 0 Å². The molecular weight excluding hydrogens is 166 g/mol. The Kier molecular flexibility index (Phi) is 3.88. The van der Waals surface area contributed by atoms with Crippen molar-refractivity contribution in [2.75, 3.05) is 19.8 Å². The second-order valence-corrected chi connectivity index (χ2v) is 3.77. The van der Waals surface area contributed by atoms with Gasteiger partial charge in [-0.3, -0.25) is 4.79 Å². The van der Waals surface area contributed by atoms with Crippen LogP contribution >= 0.6 is 0 Å². The first kappa shape index (κ1) is 10.7. The lowest BCUT2D eigenvalue weighted by molar-refractivity contribution is -0.133. The van der Waals surface area contributed by atoms with Crippen LogP contribution in [0, 0.1) is 5.41 Å². The van der Waals surface area contributed by atoms with Gasteiger partial charge in [0.25, 0.3) is 0 Å². The molecule has 76 valence electrons. The lowest BCUT2D eigenvalue weighted by Crippen LogP contribution is -2.43. The second kappa shape index (κ2) is 4.72. The minimum atomic E-state index is -0.256. The maximum Gasteiger partial charge on any atom is 0.140 e. The number of rotatable bonds is 4. The van der Waals surface area contributed by atoms with Crippen LogP contribution < -0.4 is 5.73 Å². The highest BCUT2D eigenvalue weighted by Crippen LogP contribution is 2.31. The van der Waals surface area contributed by atoms with Gasteiger partial charge in [-0.05, 0) is 19.3 Å². The van der Waals surface area contributed by atoms with Crippen molar-refractivity contribution in [3.05, 3.63) is 0 Å². The van der Waals surface area contributed by atoms with Crippen molar-refractivity contribution in [3.63, 3.8) is 0 Å². The number of ether oxygens (including phenoxy) is 1. The van der Waals surface area contributed by atoms with E-state index in [1.807, 2.05) is 6.92 Å². The van der Waals surface area contributed by atoms with Gasteiger partial charge >= 0.3 is 0 Å². The van der Waals surface area contributed by atoms with Crippen LogP contribution in [0.5, 0.6) is 0 Å². The Hall–Kier alpha value is -0.410. The molecule has 1 fully saturated rings. The summed E-state index contributed by atoms with van der Waals surface area (Å²) < 4.78 is 5.25. The molecule has 1 saturated heterocycles. The van der Waals surface area contributed by atoms with E-state index in [-0.39, 0.29) is 5.41 Å². The predicted octanol–water partition coefficient (Wildman–Crippen LogP) is 1.11. The summed E-state index contributed by atoms with van der Waals surface area (Å²) in [7, 11) is 0. The fourth-order valence-electron chi connectivity index (χ4n) is 1.85. The van der Waals surface area contributed by atoms with Crippen LogP contribution in [0.15, 0.2) is 0 Å². The molecule has 3 heteroatoms. The van der Waals surface area contributed by atoms with Gasteiger partial charge in [-0.2, -0.15) is 0 Å². The van der Waals surface area contributed by atoms with Crippen molar-refractivity contribution >= 4 is 5.78 Å². The molecule has 0 saturated carbocycles. The summed E-state index contributed by atoms with van der Waals surface area (Å²) in [5.41, 5.74) is 5.44. The van der Waals surface area contributed by atoms with Gasteiger partial charge in [-0.15, -0.1) is 0 Å². The summed E-state index contributed by atoms with van der Waals surface area (Å²) in [5.74, 6) is 0.334. The van der Waals surface area contributed by atoms with Gasteiger partial charge in [0.2, 0.25) is 0 Å². The molecule has 0 aromatic carbocycles. The molecule has 0 aliphatic carbocycles. The first-order chi connectivity index (χ1) is 6.25. The standard InChI is InChI=1S/C10H19NO2/c1-2-3-9(12)10(8-11)4-6-13-7-5-10/h2-8,11H2,1H3. The third-order valence-electron chi connectivity index (χ3n) is 2.91. The minimum absolute atomic E-state index is 0.256. The molecule has 0 amide bonds. The maximum absolute atomic E-state index is 11.8. The SMILES string of the molecule is CCCC(=O)C1(CN)CCOCC1.